The molecule has 2 aromatic rings. The fraction of sp³-hybridized carbons (Fsp3) is 0.667. The Bertz CT molecular complexity index is 909. The Hall–Kier alpha value is -2.48. The Morgan fingerprint density at radius 2 is 1.75 bits per heavy atom. The van der Waals surface area contributed by atoms with Gasteiger partial charge in [-0.25, -0.2) is 4.98 Å². The third-order valence-electron chi connectivity index (χ3n) is 7.42. The molecule has 0 unspecified atom stereocenters. The van der Waals surface area contributed by atoms with E-state index < -0.39 is 0 Å². The molecule has 0 atom stereocenters. The number of hydrogen-bond acceptors (Lipinski definition) is 7. The van der Waals surface area contributed by atoms with E-state index >= 15 is 0 Å². The van der Waals surface area contributed by atoms with Crippen LogP contribution in [0, 0.1) is 12.8 Å². The number of hydrogen-bond donors (Lipinski definition) is 0. The van der Waals surface area contributed by atoms with Gasteiger partial charge in [0, 0.05) is 64.3 Å². The topological polar surface area (TPSA) is 78.6 Å². The molecule has 3 aliphatic rings. The summed E-state index contributed by atoms with van der Waals surface area (Å²) < 4.78 is 5.16. The Morgan fingerprint density at radius 1 is 1.00 bits per heavy atom. The van der Waals surface area contributed by atoms with Crippen LogP contribution in [-0.2, 0) is 4.79 Å². The molecule has 1 saturated carbocycles. The van der Waals surface area contributed by atoms with E-state index in [4.69, 9.17) is 4.52 Å². The van der Waals surface area contributed by atoms with E-state index in [2.05, 4.69) is 29.8 Å². The van der Waals surface area contributed by atoms with Gasteiger partial charge in [0.05, 0.1) is 5.56 Å². The van der Waals surface area contributed by atoms with Crippen LogP contribution >= 0.6 is 0 Å². The molecule has 2 aliphatic heterocycles. The first kappa shape index (κ1) is 21.4. The molecule has 4 heterocycles. The molecule has 0 spiro atoms. The fourth-order valence-corrected chi connectivity index (χ4v) is 5.58. The lowest BCUT2D eigenvalue weighted by molar-refractivity contribution is -0.138. The maximum absolute atomic E-state index is 13.2. The second-order valence-corrected chi connectivity index (χ2v) is 9.43. The van der Waals surface area contributed by atoms with E-state index in [0.29, 0.717) is 17.6 Å². The van der Waals surface area contributed by atoms with E-state index in [1.54, 1.807) is 13.1 Å². The molecular formula is C24H34N6O2. The predicted molar refractivity (Wildman–Crippen MR) is 122 cm³/mol. The minimum atomic E-state index is 0.118. The zero-order valence-electron chi connectivity index (χ0n) is 19.1. The average molecular weight is 439 g/mol. The highest BCUT2D eigenvalue weighted by molar-refractivity contribution is 5.79. The minimum Gasteiger partial charge on any atom is -0.356 e. The molecule has 0 bridgehead atoms. The standard InChI is InChI=1S/C24H34N6O2/c1-18-26-22(27-32-18)21-8-5-11-25-23(21)29-12-9-19(10-13-29)24(31)30-16-14-28(15-17-30)20-6-3-2-4-7-20/h5,8,11,19-20H,2-4,6-7,9-10,12-17H2,1H3. The summed E-state index contributed by atoms with van der Waals surface area (Å²) in [6.07, 6.45) is 10.3. The molecule has 32 heavy (non-hydrogen) atoms. The van der Waals surface area contributed by atoms with Crippen molar-refractivity contribution in [3.63, 3.8) is 0 Å². The summed E-state index contributed by atoms with van der Waals surface area (Å²) in [5, 5.41) is 4.07. The van der Waals surface area contributed by atoms with Gasteiger partial charge >= 0.3 is 0 Å². The van der Waals surface area contributed by atoms with Crippen LogP contribution in [0.25, 0.3) is 11.4 Å². The van der Waals surface area contributed by atoms with Crippen molar-refractivity contribution in [1.82, 2.24) is 24.9 Å². The van der Waals surface area contributed by atoms with Crippen LogP contribution in [0.5, 0.6) is 0 Å². The molecule has 0 N–H and O–H groups in total. The summed E-state index contributed by atoms with van der Waals surface area (Å²) in [4.78, 5) is 29.2. The van der Waals surface area contributed by atoms with Gasteiger partial charge in [0.15, 0.2) is 0 Å². The highest BCUT2D eigenvalue weighted by atomic mass is 16.5. The zero-order valence-corrected chi connectivity index (χ0v) is 19.1. The number of carbonyl (C=O) groups is 1. The largest absolute Gasteiger partial charge is 0.356 e. The molecule has 172 valence electrons. The predicted octanol–water partition coefficient (Wildman–Crippen LogP) is 3.13. The van der Waals surface area contributed by atoms with E-state index in [0.717, 1.165) is 69.5 Å². The number of anilines is 1. The Labute approximate surface area is 190 Å². The zero-order chi connectivity index (χ0) is 21.9. The SMILES string of the molecule is Cc1nc(-c2cccnc2N2CCC(C(=O)N3CCN(C4CCCCC4)CC3)CC2)no1. The molecule has 5 rings (SSSR count). The van der Waals surface area contributed by atoms with E-state index in [1.807, 2.05) is 12.1 Å². The van der Waals surface area contributed by atoms with Gasteiger partial charge in [-0.1, -0.05) is 24.4 Å². The van der Waals surface area contributed by atoms with Crippen LogP contribution < -0.4 is 4.90 Å². The van der Waals surface area contributed by atoms with Gasteiger partial charge in [0.2, 0.25) is 17.6 Å². The van der Waals surface area contributed by atoms with Crippen LogP contribution in [0.3, 0.4) is 0 Å². The Balaban J connectivity index is 1.16. The number of amides is 1. The van der Waals surface area contributed by atoms with E-state index in [1.165, 1.54) is 32.1 Å². The lowest BCUT2D eigenvalue weighted by Crippen LogP contribution is -2.54. The van der Waals surface area contributed by atoms with Crippen molar-refractivity contribution in [2.45, 2.75) is 57.9 Å². The monoisotopic (exact) mass is 438 g/mol. The Morgan fingerprint density at radius 3 is 2.44 bits per heavy atom. The van der Waals surface area contributed by atoms with Gasteiger partial charge in [0.1, 0.15) is 5.82 Å². The van der Waals surface area contributed by atoms with Crippen molar-refractivity contribution in [3.05, 3.63) is 24.2 Å². The van der Waals surface area contributed by atoms with Gasteiger partial charge in [-0.2, -0.15) is 4.98 Å². The van der Waals surface area contributed by atoms with Crippen LogP contribution in [-0.4, -0.2) is 76.1 Å². The summed E-state index contributed by atoms with van der Waals surface area (Å²) in [5.74, 6) is 2.46. The molecule has 2 aromatic heterocycles. The number of aromatic nitrogens is 3. The number of piperazine rings is 1. The highest BCUT2D eigenvalue weighted by Gasteiger charge is 2.33. The van der Waals surface area contributed by atoms with E-state index in [9.17, 15) is 4.79 Å². The van der Waals surface area contributed by atoms with Crippen LogP contribution in [0.15, 0.2) is 22.9 Å². The van der Waals surface area contributed by atoms with E-state index in [-0.39, 0.29) is 5.92 Å². The molecule has 8 heteroatoms. The summed E-state index contributed by atoms with van der Waals surface area (Å²) >= 11 is 0. The molecule has 3 fully saturated rings. The molecule has 0 aromatic carbocycles. The number of rotatable bonds is 4. The summed E-state index contributed by atoms with van der Waals surface area (Å²) in [7, 11) is 0. The van der Waals surface area contributed by atoms with Gasteiger partial charge in [0.25, 0.3) is 0 Å². The number of carbonyl (C=O) groups excluding carboxylic acids is 1. The summed E-state index contributed by atoms with van der Waals surface area (Å²) in [5.41, 5.74) is 0.882. The second kappa shape index (κ2) is 9.57. The molecule has 2 saturated heterocycles. The van der Waals surface area contributed by atoms with Crippen molar-refractivity contribution in [2.75, 3.05) is 44.2 Å². The van der Waals surface area contributed by atoms with Crippen LogP contribution in [0.2, 0.25) is 0 Å². The molecule has 1 aliphatic carbocycles. The first-order valence-corrected chi connectivity index (χ1v) is 12.2. The second-order valence-electron chi connectivity index (χ2n) is 9.43. The maximum Gasteiger partial charge on any atom is 0.225 e. The third-order valence-corrected chi connectivity index (χ3v) is 7.42. The van der Waals surface area contributed by atoms with Crippen molar-refractivity contribution >= 4 is 11.7 Å². The van der Waals surface area contributed by atoms with Gasteiger partial charge in [-0.05, 0) is 37.8 Å². The first-order valence-electron chi connectivity index (χ1n) is 12.2. The number of piperidine rings is 1. The minimum absolute atomic E-state index is 0.118. The summed E-state index contributed by atoms with van der Waals surface area (Å²) in [6, 6.07) is 4.63. The normalized spacial score (nSPS) is 21.8. The molecule has 0 radical (unpaired) electrons. The van der Waals surface area contributed by atoms with Crippen molar-refractivity contribution in [3.8, 4) is 11.4 Å². The van der Waals surface area contributed by atoms with Crippen LogP contribution in [0.1, 0.15) is 50.8 Å². The molecule has 1 amide bonds. The number of pyridine rings is 1. The van der Waals surface area contributed by atoms with Gasteiger partial charge in [-0.15, -0.1) is 0 Å². The smallest absolute Gasteiger partial charge is 0.225 e. The number of aryl methyl sites for hydroxylation is 1. The van der Waals surface area contributed by atoms with Crippen LogP contribution in [0.4, 0.5) is 5.82 Å². The van der Waals surface area contributed by atoms with Crippen molar-refractivity contribution in [1.29, 1.82) is 0 Å². The maximum atomic E-state index is 13.2. The highest BCUT2D eigenvalue weighted by Crippen LogP contribution is 2.31. The summed E-state index contributed by atoms with van der Waals surface area (Å²) in [6.45, 7) is 7.28. The molecule has 8 nitrogen and oxygen atoms in total. The first-order chi connectivity index (χ1) is 15.7. The van der Waals surface area contributed by atoms with Gasteiger partial charge < -0.3 is 14.3 Å². The van der Waals surface area contributed by atoms with Gasteiger partial charge in [-0.3, -0.25) is 9.69 Å². The Kier molecular flexibility index (Phi) is 6.39. The lowest BCUT2D eigenvalue weighted by Gasteiger charge is -2.42. The fourth-order valence-electron chi connectivity index (χ4n) is 5.58. The number of nitrogens with zero attached hydrogens (tertiary/aromatic N) is 6. The average Bonchev–Trinajstić information content (AvgIpc) is 3.30. The quantitative estimate of drug-likeness (QED) is 0.726. The lowest BCUT2D eigenvalue weighted by atomic mass is 9.93. The molecular weight excluding hydrogens is 404 g/mol. The third kappa shape index (κ3) is 4.51. The van der Waals surface area contributed by atoms with Crippen molar-refractivity contribution in [2.24, 2.45) is 5.92 Å². The van der Waals surface area contributed by atoms with Crippen molar-refractivity contribution < 1.29 is 9.32 Å².